The summed E-state index contributed by atoms with van der Waals surface area (Å²) in [7, 11) is 0. The maximum Gasteiger partial charge on any atom is 0.266 e. The third-order valence-corrected chi connectivity index (χ3v) is 6.25. The van der Waals surface area contributed by atoms with Gasteiger partial charge in [0.2, 0.25) is 0 Å². The Morgan fingerprint density at radius 1 is 0.667 bits per heavy atom. The van der Waals surface area contributed by atoms with Crippen LogP contribution in [0.4, 0.5) is 0 Å². The van der Waals surface area contributed by atoms with Crippen molar-refractivity contribution in [1.29, 1.82) is 0 Å². The highest BCUT2D eigenvalue weighted by Crippen LogP contribution is 2.24. The molecule has 6 nitrogen and oxygen atoms in total. The molecule has 0 N–H and O–H groups in total. The monoisotopic (exact) mass is 450 g/mol. The Bertz CT molecular complexity index is 1380. The molecule has 0 bridgehead atoms. The molecule has 33 heavy (non-hydrogen) atoms. The second-order valence-electron chi connectivity index (χ2n) is 7.87. The van der Waals surface area contributed by atoms with Gasteiger partial charge in [-0.05, 0) is 51.0 Å². The highest BCUT2D eigenvalue weighted by molar-refractivity contribution is 5.98. The first-order chi connectivity index (χ1) is 15.7. The lowest BCUT2D eigenvalue weighted by Crippen LogP contribution is -2.42. The average molecular weight is 451 g/mol. The Morgan fingerprint density at radius 2 is 1.03 bits per heavy atom. The van der Waals surface area contributed by atoms with Gasteiger partial charge in [-0.1, -0.05) is 59.2 Å². The first-order valence-electron chi connectivity index (χ1n) is 11.8. The molecular formula is C27H34N2O4. The van der Waals surface area contributed by atoms with Gasteiger partial charge in [0.25, 0.3) is 22.2 Å². The molecule has 4 rings (SSSR count). The van der Waals surface area contributed by atoms with Gasteiger partial charge in [-0.2, -0.15) is 0 Å². The number of rotatable bonds is 4. The fourth-order valence-electron chi connectivity index (χ4n) is 3.96. The molecule has 2 aromatic carbocycles. The molecule has 0 spiro atoms. The Balaban J connectivity index is 0.000000914. The van der Waals surface area contributed by atoms with Crippen LogP contribution in [0.25, 0.3) is 27.2 Å². The van der Waals surface area contributed by atoms with Crippen LogP contribution in [-0.2, 0) is 5.54 Å². The normalized spacial score (nSPS) is 11.2. The van der Waals surface area contributed by atoms with Crippen molar-refractivity contribution in [2.24, 2.45) is 0 Å². The fraction of sp³-hybridized carbons (Fsp3) is 0.407. The summed E-state index contributed by atoms with van der Waals surface area (Å²) in [6.45, 7) is 15.6. The maximum atomic E-state index is 13.0. The molecule has 6 heteroatoms. The quantitative estimate of drug-likeness (QED) is 0.447. The lowest BCUT2D eigenvalue weighted by Gasteiger charge is -2.27. The van der Waals surface area contributed by atoms with Crippen molar-refractivity contribution in [1.82, 2.24) is 9.13 Å². The van der Waals surface area contributed by atoms with E-state index in [0.29, 0.717) is 18.5 Å². The van der Waals surface area contributed by atoms with E-state index >= 15 is 0 Å². The maximum absolute atomic E-state index is 13.0. The molecule has 0 amide bonds. The molecule has 2 aromatic heterocycles. The lowest BCUT2D eigenvalue weighted by molar-refractivity contribution is 0.282. The topological polar surface area (TPSA) is 78.1 Å². The van der Waals surface area contributed by atoms with E-state index in [9.17, 15) is 19.2 Å². The molecule has 2 heterocycles. The van der Waals surface area contributed by atoms with Crippen LogP contribution in [0.5, 0.6) is 0 Å². The van der Waals surface area contributed by atoms with Crippen LogP contribution in [-0.4, -0.2) is 9.13 Å². The van der Waals surface area contributed by atoms with E-state index in [4.69, 9.17) is 0 Å². The van der Waals surface area contributed by atoms with Crippen LogP contribution in [0.15, 0.2) is 55.6 Å². The Morgan fingerprint density at radius 3 is 1.39 bits per heavy atom. The van der Waals surface area contributed by atoms with Gasteiger partial charge in [-0.3, -0.25) is 23.7 Å². The highest BCUT2D eigenvalue weighted by Gasteiger charge is 2.29. The van der Waals surface area contributed by atoms with Gasteiger partial charge in [-0.25, -0.2) is 4.57 Å². The lowest BCUT2D eigenvalue weighted by atomic mass is 9.95. The van der Waals surface area contributed by atoms with Gasteiger partial charge in [0, 0.05) is 5.54 Å². The molecule has 4 aromatic rings. The molecule has 176 valence electrons. The number of fused-ring (bicyclic) bond motifs is 2. The fourth-order valence-corrected chi connectivity index (χ4v) is 3.96. The largest absolute Gasteiger partial charge is 0.269 e. The van der Waals surface area contributed by atoms with Crippen LogP contribution in [0.1, 0.15) is 66.9 Å². The predicted molar refractivity (Wildman–Crippen MR) is 138 cm³/mol. The van der Waals surface area contributed by atoms with Gasteiger partial charge in [0.1, 0.15) is 0 Å². The molecule has 0 fully saturated rings. The SMILES string of the molecule is CC.CC.CCC(C)(CC)n1c(=O)c2cc3c(=O)n(-c4ccc(C)cc4)c(=O)c3cc2c1=O. The van der Waals surface area contributed by atoms with Crippen molar-refractivity contribution in [3.8, 4) is 5.69 Å². The molecule has 0 atom stereocenters. The first kappa shape index (κ1) is 26.0. The smallest absolute Gasteiger partial charge is 0.266 e. The number of hydrogen-bond acceptors (Lipinski definition) is 4. The highest BCUT2D eigenvalue weighted by atomic mass is 16.2. The van der Waals surface area contributed by atoms with Crippen molar-refractivity contribution in [3.05, 3.63) is 83.4 Å². The van der Waals surface area contributed by atoms with E-state index in [2.05, 4.69) is 0 Å². The minimum Gasteiger partial charge on any atom is -0.269 e. The molecule has 0 aliphatic heterocycles. The Kier molecular flexibility index (Phi) is 7.96. The number of hydrogen-bond donors (Lipinski definition) is 0. The van der Waals surface area contributed by atoms with Crippen molar-refractivity contribution >= 4 is 21.5 Å². The van der Waals surface area contributed by atoms with Crippen LogP contribution in [0, 0.1) is 6.92 Å². The molecule has 0 saturated carbocycles. The summed E-state index contributed by atoms with van der Waals surface area (Å²) < 4.78 is 2.37. The Labute approximate surface area is 193 Å². The zero-order valence-electron chi connectivity index (χ0n) is 20.9. The molecule has 0 aliphatic carbocycles. The second-order valence-corrected chi connectivity index (χ2v) is 7.87. The van der Waals surface area contributed by atoms with E-state index in [1.165, 1.54) is 16.7 Å². The standard InChI is InChI=1S/C23H22N2O4.2C2H6/c1-5-23(4,6-2)25-21(28)17-11-15-16(12-18(17)22(25)29)20(27)24(19(15)26)14-9-7-13(3)8-10-14;2*1-2/h7-12H,5-6H2,1-4H3;2*1-2H3. The van der Waals surface area contributed by atoms with E-state index in [0.717, 1.165) is 10.1 Å². The summed E-state index contributed by atoms with van der Waals surface area (Å²) in [6.07, 6.45) is 1.24. The summed E-state index contributed by atoms with van der Waals surface area (Å²) in [6, 6.07) is 9.86. The number of aryl methyl sites for hydroxylation is 1. The van der Waals surface area contributed by atoms with Gasteiger partial charge >= 0.3 is 0 Å². The molecule has 0 saturated heterocycles. The van der Waals surface area contributed by atoms with Gasteiger partial charge in [0.05, 0.1) is 27.2 Å². The minimum absolute atomic E-state index is 0.159. The zero-order valence-corrected chi connectivity index (χ0v) is 20.9. The summed E-state index contributed by atoms with van der Waals surface area (Å²) in [5.74, 6) is 0. The van der Waals surface area contributed by atoms with E-state index in [1.54, 1.807) is 12.1 Å². The van der Waals surface area contributed by atoms with Crippen LogP contribution >= 0.6 is 0 Å². The van der Waals surface area contributed by atoms with Crippen LogP contribution < -0.4 is 22.2 Å². The van der Waals surface area contributed by atoms with Gasteiger partial charge < -0.3 is 0 Å². The molecule has 0 unspecified atom stereocenters. The van der Waals surface area contributed by atoms with Crippen molar-refractivity contribution < 1.29 is 0 Å². The number of benzene rings is 2. The van der Waals surface area contributed by atoms with E-state index < -0.39 is 27.8 Å². The summed E-state index contributed by atoms with van der Waals surface area (Å²) >= 11 is 0. The second kappa shape index (κ2) is 10.1. The Hall–Kier alpha value is -3.28. The molecular weight excluding hydrogens is 416 g/mol. The third-order valence-electron chi connectivity index (χ3n) is 6.25. The third kappa shape index (κ3) is 4.10. The van der Waals surface area contributed by atoms with Gasteiger partial charge in [0.15, 0.2) is 0 Å². The van der Waals surface area contributed by atoms with Crippen LogP contribution in [0.3, 0.4) is 0 Å². The predicted octanol–water partition coefficient (Wildman–Crippen LogP) is 4.80. The molecule has 0 aliphatic rings. The summed E-state index contributed by atoms with van der Waals surface area (Å²) in [4.78, 5) is 52.0. The van der Waals surface area contributed by atoms with Crippen molar-refractivity contribution in [3.63, 3.8) is 0 Å². The van der Waals surface area contributed by atoms with E-state index in [1.807, 2.05) is 67.5 Å². The van der Waals surface area contributed by atoms with E-state index in [-0.39, 0.29) is 21.5 Å². The van der Waals surface area contributed by atoms with Crippen LogP contribution in [0.2, 0.25) is 0 Å². The number of aromatic nitrogens is 2. The first-order valence-corrected chi connectivity index (χ1v) is 11.8. The zero-order chi connectivity index (χ0) is 25.1. The summed E-state index contributed by atoms with van der Waals surface area (Å²) in [5, 5.41) is 0.696. The minimum atomic E-state index is -0.612. The van der Waals surface area contributed by atoms with Crippen molar-refractivity contribution in [2.75, 3.05) is 0 Å². The molecule has 0 radical (unpaired) electrons. The number of nitrogens with zero attached hydrogens (tertiary/aromatic N) is 2. The summed E-state index contributed by atoms with van der Waals surface area (Å²) in [5.41, 5.74) is -0.921. The van der Waals surface area contributed by atoms with Crippen molar-refractivity contribution in [2.45, 2.75) is 73.8 Å². The average Bonchev–Trinajstić information content (AvgIpc) is 3.25. The van der Waals surface area contributed by atoms with Gasteiger partial charge in [-0.15, -0.1) is 0 Å².